The van der Waals surface area contributed by atoms with Crippen LogP contribution >= 0.6 is 0 Å². The van der Waals surface area contributed by atoms with E-state index in [0.29, 0.717) is 5.69 Å². The number of anilines is 1. The maximum atomic E-state index is 13.7. The van der Waals surface area contributed by atoms with Crippen molar-refractivity contribution in [2.24, 2.45) is 0 Å². The minimum atomic E-state index is -0.765. The second kappa shape index (κ2) is 5.40. The zero-order valence-corrected chi connectivity index (χ0v) is 11.4. The number of carbonyl (C=O) groups excluding carboxylic acids is 1. The lowest BCUT2D eigenvalue weighted by Crippen LogP contribution is -2.17. The first kappa shape index (κ1) is 14.2. The molecular weight excluding hydrogens is 266 g/mol. The Bertz CT molecular complexity index is 672. The lowest BCUT2D eigenvalue weighted by molar-refractivity contribution is 0.0527. The van der Waals surface area contributed by atoms with E-state index in [0.717, 1.165) is 12.1 Å². The lowest BCUT2D eigenvalue weighted by atomic mass is 10.1. The number of benzene rings is 1. The lowest BCUT2D eigenvalue weighted by Gasteiger charge is -2.19. The fraction of sp³-hybridized carbons (Fsp3) is 0.286. The van der Waals surface area contributed by atoms with Crippen molar-refractivity contribution in [1.29, 1.82) is 0 Å². The van der Waals surface area contributed by atoms with Gasteiger partial charge in [0, 0.05) is 31.7 Å². The summed E-state index contributed by atoms with van der Waals surface area (Å²) in [7, 11) is 3.36. The molecule has 2 aromatic rings. The molecule has 0 unspecified atom stereocenters. The molecule has 6 heteroatoms. The fourth-order valence-electron chi connectivity index (χ4n) is 2.05. The first-order valence-electron chi connectivity index (χ1n) is 6.08. The van der Waals surface area contributed by atoms with Crippen molar-refractivity contribution in [2.45, 2.75) is 6.92 Å². The van der Waals surface area contributed by atoms with E-state index in [1.165, 1.54) is 6.20 Å². The van der Waals surface area contributed by atoms with Crippen LogP contribution in [0, 0.1) is 11.6 Å². The van der Waals surface area contributed by atoms with E-state index in [-0.39, 0.29) is 23.1 Å². The Balaban J connectivity index is 2.78. The van der Waals surface area contributed by atoms with Crippen molar-refractivity contribution >= 4 is 22.6 Å². The maximum absolute atomic E-state index is 13.7. The highest BCUT2D eigenvalue weighted by Gasteiger charge is 2.20. The molecule has 0 aliphatic heterocycles. The first-order chi connectivity index (χ1) is 9.45. The number of esters is 1. The monoisotopic (exact) mass is 280 g/mol. The number of halogens is 2. The Morgan fingerprint density at radius 3 is 2.65 bits per heavy atom. The van der Waals surface area contributed by atoms with Gasteiger partial charge in [0.1, 0.15) is 16.9 Å². The zero-order chi connectivity index (χ0) is 14.9. The van der Waals surface area contributed by atoms with Gasteiger partial charge >= 0.3 is 5.97 Å². The number of hydrogen-bond donors (Lipinski definition) is 0. The van der Waals surface area contributed by atoms with Gasteiger partial charge in [0.2, 0.25) is 0 Å². The van der Waals surface area contributed by atoms with Gasteiger partial charge in [-0.1, -0.05) is 0 Å². The molecule has 1 aromatic carbocycles. The predicted octanol–water partition coefficient (Wildman–Crippen LogP) is 2.76. The van der Waals surface area contributed by atoms with Gasteiger partial charge in [-0.3, -0.25) is 4.98 Å². The molecule has 106 valence electrons. The first-order valence-corrected chi connectivity index (χ1v) is 6.08. The second-order valence-electron chi connectivity index (χ2n) is 4.42. The van der Waals surface area contributed by atoms with Crippen LogP contribution < -0.4 is 4.90 Å². The molecule has 2 rings (SSSR count). The van der Waals surface area contributed by atoms with Crippen molar-refractivity contribution in [2.75, 3.05) is 25.6 Å². The van der Waals surface area contributed by atoms with E-state index in [4.69, 9.17) is 4.74 Å². The Labute approximate surface area is 115 Å². The number of carbonyl (C=O) groups is 1. The van der Waals surface area contributed by atoms with Crippen LogP contribution in [0.5, 0.6) is 0 Å². The van der Waals surface area contributed by atoms with Crippen LogP contribution in [0.1, 0.15) is 17.3 Å². The highest BCUT2D eigenvalue weighted by atomic mass is 19.1. The fourth-order valence-corrected chi connectivity index (χ4v) is 2.05. The van der Waals surface area contributed by atoms with E-state index in [1.807, 2.05) is 0 Å². The third kappa shape index (κ3) is 2.41. The summed E-state index contributed by atoms with van der Waals surface area (Å²) in [6.07, 6.45) is 1.25. The summed E-state index contributed by atoms with van der Waals surface area (Å²) in [5.74, 6) is -2.06. The second-order valence-corrected chi connectivity index (χ2v) is 4.42. The van der Waals surface area contributed by atoms with Crippen LogP contribution in [-0.2, 0) is 4.74 Å². The van der Waals surface area contributed by atoms with Gasteiger partial charge in [-0.15, -0.1) is 0 Å². The van der Waals surface area contributed by atoms with E-state index in [2.05, 4.69) is 4.98 Å². The van der Waals surface area contributed by atoms with E-state index in [1.54, 1.807) is 25.9 Å². The van der Waals surface area contributed by atoms with Gasteiger partial charge < -0.3 is 9.64 Å². The number of fused-ring (bicyclic) bond motifs is 1. The van der Waals surface area contributed by atoms with Crippen LogP contribution in [0.4, 0.5) is 14.5 Å². The van der Waals surface area contributed by atoms with Crippen molar-refractivity contribution in [3.05, 3.63) is 35.5 Å². The molecule has 1 heterocycles. The van der Waals surface area contributed by atoms with E-state index in [9.17, 15) is 13.6 Å². The molecule has 0 N–H and O–H groups in total. The van der Waals surface area contributed by atoms with Crippen molar-refractivity contribution in [1.82, 2.24) is 4.98 Å². The predicted molar refractivity (Wildman–Crippen MR) is 71.9 cm³/mol. The summed E-state index contributed by atoms with van der Waals surface area (Å²) in [6.45, 7) is 1.89. The SMILES string of the molecule is CCOC(=O)c1cnc2c(F)cc(F)cc2c1N(C)C. The summed E-state index contributed by atoms with van der Waals surface area (Å²) < 4.78 is 32.1. The van der Waals surface area contributed by atoms with Crippen molar-refractivity contribution in [3.8, 4) is 0 Å². The Morgan fingerprint density at radius 1 is 1.35 bits per heavy atom. The minimum absolute atomic E-state index is 0.0168. The Morgan fingerprint density at radius 2 is 2.05 bits per heavy atom. The Hall–Kier alpha value is -2.24. The average Bonchev–Trinajstić information content (AvgIpc) is 2.37. The van der Waals surface area contributed by atoms with Crippen molar-refractivity contribution < 1.29 is 18.3 Å². The number of ether oxygens (including phenoxy) is 1. The standard InChI is InChI=1S/C14H14F2N2O2/c1-4-20-14(19)10-7-17-12-9(13(10)18(2)3)5-8(15)6-11(12)16/h5-7H,4H2,1-3H3. The molecule has 4 nitrogen and oxygen atoms in total. The van der Waals surface area contributed by atoms with Crippen LogP contribution in [0.15, 0.2) is 18.3 Å². The van der Waals surface area contributed by atoms with Crippen molar-refractivity contribution in [3.63, 3.8) is 0 Å². The number of aromatic nitrogens is 1. The molecule has 0 bridgehead atoms. The Kier molecular flexibility index (Phi) is 3.83. The van der Waals surface area contributed by atoms with Gasteiger partial charge in [0.25, 0.3) is 0 Å². The third-order valence-electron chi connectivity index (χ3n) is 2.80. The minimum Gasteiger partial charge on any atom is -0.462 e. The summed E-state index contributed by atoms with van der Waals surface area (Å²) >= 11 is 0. The van der Waals surface area contributed by atoms with E-state index < -0.39 is 17.6 Å². The molecule has 0 saturated carbocycles. The van der Waals surface area contributed by atoms with Crippen LogP contribution in [0.2, 0.25) is 0 Å². The number of hydrogen-bond acceptors (Lipinski definition) is 4. The molecule has 0 saturated heterocycles. The molecule has 0 spiro atoms. The molecule has 0 atom stereocenters. The van der Waals surface area contributed by atoms with Gasteiger partial charge in [-0.05, 0) is 13.0 Å². The molecule has 0 aliphatic rings. The highest BCUT2D eigenvalue weighted by molar-refractivity contribution is 6.05. The van der Waals surface area contributed by atoms with Crippen LogP contribution in [0.25, 0.3) is 10.9 Å². The topological polar surface area (TPSA) is 42.4 Å². The molecule has 1 aromatic heterocycles. The molecule has 20 heavy (non-hydrogen) atoms. The number of pyridine rings is 1. The summed E-state index contributed by atoms with van der Waals surface area (Å²) in [5, 5.41) is 0.234. The van der Waals surface area contributed by atoms with Gasteiger partial charge in [0.15, 0.2) is 5.82 Å². The third-order valence-corrected chi connectivity index (χ3v) is 2.80. The maximum Gasteiger partial charge on any atom is 0.341 e. The highest BCUT2D eigenvalue weighted by Crippen LogP contribution is 2.30. The van der Waals surface area contributed by atoms with Crippen LogP contribution in [0.3, 0.4) is 0 Å². The smallest absolute Gasteiger partial charge is 0.341 e. The quantitative estimate of drug-likeness (QED) is 0.811. The average molecular weight is 280 g/mol. The summed E-state index contributed by atoms with van der Waals surface area (Å²) in [4.78, 5) is 17.4. The molecular formula is C14H14F2N2O2. The zero-order valence-electron chi connectivity index (χ0n) is 11.4. The van der Waals surface area contributed by atoms with Crippen LogP contribution in [-0.4, -0.2) is 31.7 Å². The van der Waals surface area contributed by atoms with Gasteiger partial charge in [-0.2, -0.15) is 0 Å². The molecule has 0 aliphatic carbocycles. The number of nitrogens with zero attached hydrogens (tertiary/aromatic N) is 2. The van der Waals surface area contributed by atoms with Gasteiger partial charge in [0.05, 0.1) is 12.3 Å². The molecule has 0 amide bonds. The number of rotatable bonds is 3. The molecule has 0 fully saturated rings. The van der Waals surface area contributed by atoms with Gasteiger partial charge in [-0.25, -0.2) is 13.6 Å². The van der Waals surface area contributed by atoms with E-state index >= 15 is 0 Å². The largest absolute Gasteiger partial charge is 0.462 e. The molecule has 0 radical (unpaired) electrons. The normalized spacial score (nSPS) is 10.7. The summed E-state index contributed by atoms with van der Waals surface area (Å²) in [5.41, 5.74) is 0.573. The summed E-state index contributed by atoms with van der Waals surface area (Å²) in [6, 6.07) is 1.92.